The monoisotopic (exact) mass is 284 g/mol. The molecule has 1 aromatic carbocycles. The molecule has 0 aliphatic rings. The summed E-state index contributed by atoms with van der Waals surface area (Å²) < 4.78 is 0. The smallest absolute Gasteiger partial charge is 0.0831 e. The minimum atomic E-state index is -0.598. The van der Waals surface area contributed by atoms with E-state index in [4.69, 9.17) is 11.6 Å². The van der Waals surface area contributed by atoms with Crippen LogP contribution in [0, 0.1) is 0 Å². The van der Waals surface area contributed by atoms with Crippen molar-refractivity contribution in [1.82, 2.24) is 9.97 Å². The van der Waals surface area contributed by atoms with Crippen LogP contribution in [0.25, 0.3) is 10.9 Å². The third-order valence-corrected chi connectivity index (χ3v) is 3.62. The highest BCUT2D eigenvalue weighted by Gasteiger charge is 2.11. The van der Waals surface area contributed by atoms with Crippen LogP contribution >= 0.6 is 11.6 Å². The summed E-state index contributed by atoms with van der Waals surface area (Å²) in [6, 6.07) is 11.5. The Labute approximate surface area is 121 Å². The van der Waals surface area contributed by atoms with Gasteiger partial charge in [-0.1, -0.05) is 23.7 Å². The molecule has 0 saturated heterocycles. The number of pyridine rings is 2. The topological polar surface area (TPSA) is 46.0 Å². The van der Waals surface area contributed by atoms with Gasteiger partial charge in [0.1, 0.15) is 0 Å². The first-order valence-electron chi connectivity index (χ1n) is 6.35. The Morgan fingerprint density at radius 3 is 2.90 bits per heavy atom. The zero-order valence-corrected chi connectivity index (χ0v) is 11.5. The van der Waals surface area contributed by atoms with Crippen molar-refractivity contribution in [2.24, 2.45) is 0 Å². The van der Waals surface area contributed by atoms with Crippen molar-refractivity contribution in [1.29, 1.82) is 0 Å². The summed E-state index contributed by atoms with van der Waals surface area (Å²) in [7, 11) is 0. The Balaban J connectivity index is 1.89. The summed E-state index contributed by atoms with van der Waals surface area (Å²) in [6.07, 6.45) is 4.90. The summed E-state index contributed by atoms with van der Waals surface area (Å²) in [5.74, 6) is 0. The second kappa shape index (κ2) is 5.57. The second-order valence-corrected chi connectivity index (χ2v) is 5.05. The quantitative estimate of drug-likeness (QED) is 0.800. The predicted octanol–water partition coefficient (Wildman–Crippen LogP) is 3.56. The van der Waals surface area contributed by atoms with Crippen molar-refractivity contribution in [3.05, 3.63) is 71.1 Å². The lowest BCUT2D eigenvalue weighted by atomic mass is 10.0. The molecule has 1 unspecified atom stereocenters. The van der Waals surface area contributed by atoms with Gasteiger partial charge in [0.2, 0.25) is 0 Å². The molecule has 3 aromatic rings. The van der Waals surface area contributed by atoms with E-state index in [-0.39, 0.29) is 0 Å². The maximum Gasteiger partial charge on any atom is 0.0831 e. The van der Waals surface area contributed by atoms with E-state index in [9.17, 15) is 5.11 Å². The maximum absolute atomic E-state index is 10.4. The molecule has 3 rings (SSSR count). The van der Waals surface area contributed by atoms with Crippen LogP contribution in [0.5, 0.6) is 0 Å². The van der Waals surface area contributed by atoms with Gasteiger partial charge in [0.25, 0.3) is 0 Å². The highest BCUT2D eigenvalue weighted by Crippen LogP contribution is 2.24. The number of aliphatic hydroxyl groups is 1. The van der Waals surface area contributed by atoms with E-state index in [0.717, 1.165) is 22.0 Å². The molecule has 0 radical (unpaired) electrons. The molecular formula is C16H13ClN2O. The van der Waals surface area contributed by atoms with Gasteiger partial charge in [-0.15, -0.1) is 0 Å². The minimum Gasteiger partial charge on any atom is -0.388 e. The van der Waals surface area contributed by atoms with Crippen molar-refractivity contribution in [3.63, 3.8) is 0 Å². The van der Waals surface area contributed by atoms with Crippen LogP contribution in [0.3, 0.4) is 0 Å². The van der Waals surface area contributed by atoms with E-state index >= 15 is 0 Å². The summed E-state index contributed by atoms with van der Waals surface area (Å²) >= 11 is 6.07. The summed E-state index contributed by atoms with van der Waals surface area (Å²) in [6.45, 7) is 0. The van der Waals surface area contributed by atoms with Gasteiger partial charge >= 0.3 is 0 Å². The number of hydrogen-bond donors (Lipinski definition) is 1. The Kier molecular flexibility index (Phi) is 3.63. The van der Waals surface area contributed by atoms with E-state index < -0.39 is 6.10 Å². The molecule has 2 heterocycles. The Morgan fingerprint density at radius 1 is 1.15 bits per heavy atom. The molecule has 0 amide bonds. The van der Waals surface area contributed by atoms with Gasteiger partial charge in [-0.2, -0.15) is 0 Å². The van der Waals surface area contributed by atoms with Gasteiger partial charge in [-0.25, -0.2) is 0 Å². The summed E-state index contributed by atoms with van der Waals surface area (Å²) in [5.41, 5.74) is 2.67. The van der Waals surface area contributed by atoms with Crippen molar-refractivity contribution in [2.75, 3.05) is 0 Å². The van der Waals surface area contributed by atoms with E-state index in [2.05, 4.69) is 9.97 Å². The second-order valence-electron chi connectivity index (χ2n) is 4.64. The van der Waals surface area contributed by atoms with E-state index in [0.29, 0.717) is 11.4 Å². The molecule has 4 heteroatoms. The van der Waals surface area contributed by atoms with Crippen LogP contribution in [0.15, 0.2) is 55.0 Å². The van der Waals surface area contributed by atoms with Crippen LogP contribution in [0.2, 0.25) is 5.02 Å². The van der Waals surface area contributed by atoms with Crippen LogP contribution in [-0.4, -0.2) is 15.1 Å². The van der Waals surface area contributed by atoms with Crippen molar-refractivity contribution >= 4 is 22.5 Å². The molecule has 0 aliphatic carbocycles. The Hall–Kier alpha value is -1.97. The fourth-order valence-corrected chi connectivity index (χ4v) is 2.39. The van der Waals surface area contributed by atoms with Crippen molar-refractivity contribution in [3.8, 4) is 0 Å². The van der Waals surface area contributed by atoms with Crippen molar-refractivity contribution in [2.45, 2.75) is 12.5 Å². The van der Waals surface area contributed by atoms with Gasteiger partial charge in [-0.05, 0) is 35.4 Å². The van der Waals surface area contributed by atoms with Crippen LogP contribution in [-0.2, 0) is 6.42 Å². The molecule has 0 aliphatic heterocycles. The lowest BCUT2D eigenvalue weighted by molar-refractivity contribution is 0.178. The summed E-state index contributed by atoms with van der Waals surface area (Å²) in [4.78, 5) is 8.21. The molecule has 0 saturated carbocycles. The number of fused-ring (bicyclic) bond motifs is 1. The maximum atomic E-state index is 10.4. The fraction of sp³-hybridized carbons (Fsp3) is 0.125. The number of aromatic nitrogens is 2. The average Bonchev–Trinajstić information content (AvgIpc) is 2.49. The molecule has 100 valence electrons. The van der Waals surface area contributed by atoms with Gasteiger partial charge in [0, 0.05) is 30.4 Å². The summed E-state index contributed by atoms with van der Waals surface area (Å²) in [5, 5.41) is 12.0. The first-order valence-corrected chi connectivity index (χ1v) is 6.73. The number of rotatable bonds is 3. The number of aliphatic hydroxyl groups excluding tert-OH is 1. The van der Waals surface area contributed by atoms with Crippen molar-refractivity contribution < 1.29 is 5.11 Å². The van der Waals surface area contributed by atoms with E-state index in [1.165, 1.54) is 0 Å². The van der Waals surface area contributed by atoms with Crippen LogP contribution in [0.4, 0.5) is 0 Å². The standard InChI is InChI=1S/C16H13ClN2O/c17-14-10-18-7-5-11(14)9-16(20)13-3-4-15-12(8-13)2-1-6-19-15/h1-8,10,16,20H,9H2. The molecule has 2 aromatic heterocycles. The largest absolute Gasteiger partial charge is 0.388 e. The zero-order valence-electron chi connectivity index (χ0n) is 10.7. The third kappa shape index (κ3) is 2.64. The molecule has 0 fully saturated rings. The average molecular weight is 285 g/mol. The highest BCUT2D eigenvalue weighted by atomic mass is 35.5. The van der Waals surface area contributed by atoms with Gasteiger partial charge in [-0.3, -0.25) is 9.97 Å². The SMILES string of the molecule is OC(Cc1ccncc1Cl)c1ccc2ncccc2c1. The fourth-order valence-electron chi connectivity index (χ4n) is 2.20. The predicted molar refractivity (Wildman–Crippen MR) is 79.7 cm³/mol. The van der Waals surface area contributed by atoms with Crippen LogP contribution in [0.1, 0.15) is 17.2 Å². The number of benzene rings is 1. The van der Waals surface area contributed by atoms with Gasteiger partial charge in [0.15, 0.2) is 0 Å². The molecule has 1 atom stereocenters. The normalized spacial score (nSPS) is 12.5. The Morgan fingerprint density at radius 2 is 2.05 bits per heavy atom. The van der Waals surface area contributed by atoms with Gasteiger partial charge in [0.05, 0.1) is 16.6 Å². The third-order valence-electron chi connectivity index (χ3n) is 3.28. The number of hydrogen-bond acceptors (Lipinski definition) is 3. The molecule has 1 N–H and O–H groups in total. The lowest BCUT2D eigenvalue weighted by Crippen LogP contribution is -2.02. The molecule has 0 spiro atoms. The molecule has 3 nitrogen and oxygen atoms in total. The molecule has 0 bridgehead atoms. The number of halogens is 1. The minimum absolute atomic E-state index is 0.465. The zero-order chi connectivity index (χ0) is 13.9. The molecular weight excluding hydrogens is 272 g/mol. The van der Waals surface area contributed by atoms with Gasteiger partial charge < -0.3 is 5.11 Å². The number of nitrogens with zero attached hydrogens (tertiary/aromatic N) is 2. The Bertz CT molecular complexity index is 745. The lowest BCUT2D eigenvalue weighted by Gasteiger charge is -2.12. The van der Waals surface area contributed by atoms with Crippen LogP contribution < -0.4 is 0 Å². The first-order chi connectivity index (χ1) is 9.74. The molecule has 20 heavy (non-hydrogen) atoms. The first kappa shape index (κ1) is 13.0. The van der Waals surface area contributed by atoms with E-state index in [1.54, 1.807) is 18.6 Å². The van der Waals surface area contributed by atoms with E-state index in [1.807, 2.05) is 36.4 Å². The highest BCUT2D eigenvalue weighted by molar-refractivity contribution is 6.31.